The first-order chi connectivity index (χ1) is 13.2. The van der Waals surface area contributed by atoms with Crippen LogP contribution in [0.15, 0.2) is 49.3 Å². The quantitative estimate of drug-likeness (QED) is 0.572. The fraction of sp³-hybridized carbons (Fsp3) is 0.211. The van der Waals surface area contributed by atoms with Crippen LogP contribution in [0.5, 0.6) is 0 Å². The molecule has 1 aliphatic carbocycles. The second-order valence-electron chi connectivity index (χ2n) is 6.67. The molecule has 3 heterocycles. The minimum absolute atomic E-state index is 0.293. The van der Waals surface area contributed by atoms with Gasteiger partial charge in [-0.3, -0.25) is 9.38 Å². The molecule has 0 unspecified atom stereocenters. The van der Waals surface area contributed by atoms with Crippen molar-refractivity contribution in [3.8, 4) is 16.9 Å². The van der Waals surface area contributed by atoms with Crippen LogP contribution in [0.25, 0.3) is 22.6 Å². The summed E-state index contributed by atoms with van der Waals surface area (Å²) in [5, 5.41) is 8.13. The number of rotatable bonds is 5. The summed E-state index contributed by atoms with van der Waals surface area (Å²) in [6, 6.07) is 3.68. The summed E-state index contributed by atoms with van der Waals surface area (Å²) in [7, 11) is 0. The average Bonchev–Trinajstić information content (AvgIpc) is 3.20. The van der Waals surface area contributed by atoms with E-state index in [-0.39, 0.29) is 5.82 Å². The van der Waals surface area contributed by atoms with E-state index in [1.165, 1.54) is 6.07 Å². The molecule has 1 aromatic carbocycles. The lowest BCUT2D eigenvalue weighted by molar-refractivity contribution is 0.587. The van der Waals surface area contributed by atoms with Gasteiger partial charge in [-0.15, -0.1) is 0 Å². The Hall–Kier alpha value is -2.77. The number of hydrogen-bond acceptors (Lipinski definition) is 4. The second kappa shape index (κ2) is 6.44. The Kier molecular flexibility index (Phi) is 3.91. The fourth-order valence-corrected chi connectivity index (χ4v) is 3.34. The van der Waals surface area contributed by atoms with E-state index in [4.69, 9.17) is 11.6 Å². The van der Waals surface area contributed by atoms with Gasteiger partial charge in [0.25, 0.3) is 0 Å². The van der Waals surface area contributed by atoms with Gasteiger partial charge in [0.1, 0.15) is 5.82 Å². The van der Waals surface area contributed by atoms with Crippen molar-refractivity contribution >= 4 is 17.2 Å². The summed E-state index contributed by atoms with van der Waals surface area (Å²) in [6.45, 7) is 0.495. The normalized spacial score (nSPS) is 14.1. The van der Waals surface area contributed by atoms with Crippen LogP contribution in [-0.2, 0) is 6.54 Å². The molecule has 0 spiro atoms. The number of nitrogens with zero attached hydrogens (tertiary/aromatic N) is 5. The van der Waals surface area contributed by atoms with Gasteiger partial charge in [0.15, 0.2) is 11.5 Å². The molecule has 5 rings (SSSR count). The second-order valence-corrected chi connectivity index (χ2v) is 7.08. The summed E-state index contributed by atoms with van der Waals surface area (Å²) in [6.07, 6.45) is 12.8. The molecule has 6 nitrogen and oxygen atoms in total. The van der Waals surface area contributed by atoms with Crippen molar-refractivity contribution in [2.75, 3.05) is 0 Å². The van der Waals surface area contributed by atoms with Crippen LogP contribution in [0.1, 0.15) is 18.4 Å². The van der Waals surface area contributed by atoms with Gasteiger partial charge in [0.05, 0.1) is 23.6 Å². The van der Waals surface area contributed by atoms with Crippen molar-refractivity contribution in [2.24, 2.45) is 0 Å². The predicted molar refractivity (Wildman–Crippen MR) is 100 cm³/mol. The number of halogens is 2. The Bertz CT molecular complexity index is 1130. The van der Waals surface area contributed by atoms with Gasteiger partial charge in [0, 0.05) is 47.9 Å². The molecule has 1 saturated carbocycles. The van der Waals surface area contributed by atoms with Gasteiger partial charge in [-0.25, -0.2) is 14.1 Å². The van der Waals surface area contributed by atoms with E-state index < -0.39 is 0 Å². The number of imidazole rings is 1. The van der Waals surface area contributed by atoms with Crippen molar-refractivity contribution in [3.05, 3.63) is 65.7 Å². The molecule has 4 aromatic rings. The molecule has 1 fully saturated rings. The van der Waals surface area contributed by atoms with Gasteiger partial charge in [-0.05, 0) is 25.0 Å². The third-order valence-electron chi connectivity index (χ3n) is 4.72. The monoisotopic (exact) mass is 382 g/mol. The molecule has 27 heavy (non-hydrogen) atoms. The maximum atomic E-state index is 14.3. The number of aromatic nitrogens is 5. The highest BCUT2D eigenvalue weighted by molar-refractivity contribution is 6.33. The third kappa shape index (κ3) is 3.09. The lowest BCUT2D eigenvalue weighted by Crippen LogP contribution is -2.16. The Morgan fingerprint density at radius 3 is 2.96 bits per heavy atom. The Morgan fingerprint density at radius 2 is 2.11 bits per heavy atom. The van der Waals surface area contributed by atoms with E-state index in [0.717, 1.165) is 35.4 Å². The van der Waals surface area contributed by atoms with Crippen LogP contribution in [-0.4, -0.2) is 30.2 Å². The van der Waals surface area contributed by atoms with Crippen LogP contribution in [0.2, 0.25) is 5.02 Å². The summed E-state index contributed by atoms with van der Waals surface area (Å²) in [5.41, 5.74) is 2.91. The lowest BCUT2D eigenvalue weighted by atomic mass is 10.1. The third-order valence-corrected chi connectivity index (χ3v) is 5.03. The maximum absolute atomic E-state index is 14.3. The van der Waals surface area contributed by atoms with Gasteiger partial charge in [-0.1, -0.05) is 11.6 Å². The zero-order valence-corrected chi connectivity index (χ0v) is 15.1. The van der Waals surface area contributed by atoms with Crippen LogP contribution in [0.3, 0.4) is 0 Å². The summed E-state index contributed by atoms with van der Waals surface area (Å²) in [5.74, 6) is 0.492. The first-order valence-corrected chi connectivity index (χ1v) is 9.10. The molecular weight excluding hydrogens is 367 g/mol. The van der Waals surface area contributed by atoms with Crippen molar-refractivity contribution in [2.45, 2.75) is 25.4 Å². The number of nitrogens with one attached hydrogen (secondary N) is 1. The highest BCUT2D eigenvalue weighted by atomic mass is 35.5. The largest absolute Gasteiger partial charge is 0.310 e. The molecule has 0 radical (unpaired) electrons. The molecule has 8 heteroatoms. The highest BCUT2D eigenvalue weighted by Crippen LogP contribution is 2.31. The Balaban J connectivity index is 1.51. The molecular formula is C19H16ClFN6. The van der Waals surface area contributed by atoms with Crippen molar-refractivity contribution in [1.82, 2.24) is 29.5 Å². The molecule has 136 valence electrons. The van der Waals surface area contributed by atoms with Crippen molar-refractivity contribution in [3.63, 3.8) is 0 Å². The molecule has 0 amide bonds. The van der Waals surface area contributed by atoms with Crippen LogP contribution >= 0.6 is 11.6 Å². The molecule has 3 aromatic heterocycles. The summed E-state index contributed by atoms with van der Waals surface area (Å²) in [4.78, 5) is 8.39. The molecule has 1 N–H and O–H groups in total. The topological polar surface area (TPSA) is 60.0 Å². The zero-order chi connectivity index (χ0) is 18.4. The minimum Gasteiger partial charge on any atom is -0.310 e. The van der Waals surface area contributed by atoms with E-state index in [1.807, 2.05) is 16.8 Å². The average molecular weight is 383 g/mol. The first kappa shape index (κ1) is 16.4. The first-order valence-electron chi connectivity index (χ1n) is 8.73. The number of hydrogen-bond donors (Lipinski definition) is 1. The zero-order valence-electron chi connectivity index (χ0n) is 14.3. The van der Waals surface area contributed by atoms with E-state index in [1.54, 1.807) is 35.5 Å². The fourth-order valence-electron chi connectivity index (χ4n) is 3.08. The molecule has 0 atom stereocenters. The minimum atomic E-state index is -0.293. The number of fused-ring (bicyclic) bond motifs is 1. The smallest absolute Gasteiger partial charge is 0.158 e. The van der Waals surface area contributed by atoms with E-state index in [0.29, 0.717) is 23.2 Å². The Morgan fingerprint density at radius 1 is 1.22 bits per heavy atom. The van der Waals surface area contributed by atoms with Crippen molar-refractivity contribution < 1.29 is 4.39 Å². The summed E-state index contributed by atoms with van der Waals surface area (Å²) < 4.78 is 17.9. The lowest BCUT2D eigenvalue weighted by Gasteiger charge is -2.09. The SMILES string of the molecule is Fc1cc(Cl)c(-c2cnn(-c3cnc4cnccn34)c2)cc1CNC1CC1. The van der Waals surface area contributed by atoms with E-state index in [9.17, 15) is 4.39 Å². The molecule has 0 bridgehead atoms. The van der Waals surface area contributed by atoms with Gasteiger partial charge in [-0.2, -0.15) is 5.10 Å². The van der Waals surface area contributed by atoms with Crippen LogP contribution in [0.4, 0.5) is 4.39 Å². The highest BCUT2D eigenvalue weighted by Gasteiger charge is 2.21. The molecule has 1 aliphatic rings. The maximum Gasteiger partial charge on any atom is 0.158 e. The molecule has 0 saturated heterocycles. The predicted octanol–water partition coefficient (Wildman–Crippen LogP) is 3.63. The number of benzene rings is 1. The van der Waals surface area contributed by atoms with Crippen LogP contribution < -0.4 is 5.32 Å². The Labute approximate surface area is 159 Å². The van der Waals surface area contributed by atoms with Gasteiger partial charge < -0.3 is 5.32 Å². The van der Waals surface area contributed by atoms with Gasteiger partial charge >= 0.3 is 0 Å². The van der Waals surface area contributed by atoms with Crippen molar-refractivity contribution in [1.29, 1.82) is 0 Å². The van der Waals surface area contributed by atoms with E-state index >= 15 is 0 Å². The van der Waals surface area contributed by atoms with Gasteiger partial charge in [0.2, 0.25) is 0 Å². The summed E-state index contributed by atoms with van der Waals surface area (Å²) >= 11 is 6.32. The van der Waals surface area contributed by atoms with Crippen LogP contribution in [0, 0.1) is 5.82 Å². The molecule has 0 aliphatic heterocycles. The van der Waals surface area contributed by atoms with E-state index in [2.05, 4.69) is 20.4 Å². The standard InChI is InChI=1S/C19H16ClFN6/c20-16-6-17(21)12(7-23-14-1-2-14)5-15(16)13-8-25-27(11-13)19-10-24-18-9-22-3-4-26(18)19/h3-6,8-11,14,23H,1-2,7H2.